The molecule has 3 N–H and O–H groups in total. The first-order valence-corrected chi connectivity index (χ1v) is 16.3. The number of hydrogen-bond acceptors (Lipinski definition) is 6. The molecule has 1 aliphatic carbocycles. The molecule has 4 saturated heterocycles. The minimum absolute atomic E-state index is 0.185. The van der Waals surface area contributed by atoms with Crippen LogP contribution in [-0.4, -0.2) is 93.0 Å². The maximum atomic E-state index is 14.6. The molecule has 232 valence electrons. The van der Waals surface area contributed by atoms with Gasteiger partial charge in [0.1, 0.15) is 0 Å². The molecule has 1 aromatic heterocycles. The Morgan fingerprint density at radius 3 is 2.77 bits per heavy atom. The summed E-state index contributed by atoms with van der Waals surface area (Å²) in [5, 5.41) is 16.8. The SMILES string of the molecule is CC(C)[C@@]1(NC(=O)[C@@H]2C[C@@H]3c4cccc5[nH]cc(c45)C[C@H]3N(C)C2)O[C@@]2(O)[C@@H]3CCCN3C[C@H](Cc3ccccc3)N2C1=O. The molecule has 9 heteroatoms. The summed E-state index contributed by atoms with van der Waals surface area (Å²) in [7, 11) is 2.11. The number of benzene rings is 2. The van der Waals surface area contributed by atoms with Gasteiger partial charge in [0, 0.05) is 48.1 Å². The Balaban J connectivity index is 1.10. The van der Waals surface area contributed by atoms with E-state index in [9.17, 15) is 14.7 Å². The molecule has 7 atom stereocenters. The van der Waals surface area contributed by atoms with E-state index in [0.717, 1.165) is 36.9 Å². The zero-order valence-corrected chi connectivity index (χ0v) is 25.8. The molecule has 4 fully saturated rings. The van der Waals surface area contributed by atoms with Crippen molar-refractivity contribution in [3.05, 3.63) is 71.4 Å². The molecular formula is C35H43N5O4. The Hall–Kier alpha value is -3.24. The predicted octanol–water partition coefficient (Wildman–Crippen LogP) is 3.19. The number of likely N-dealkylation sites (N-methyl/N-ethyl adjacent to an activating group) is 1. The molecule has 9 nitrogen and oxygen atoms in total. The summed E-state index contributed by atoms with van der Waals surface area (Å²) < 4.78 is 6.61. The number of ether oxygens (including phenoxy) is 1. The number of piperazine rings is 1. The molecule has 3 aromatic rings. The van der Waals surface area contributed by atoms with Crippen LogP contribution in [0.25, 0.3) is 10.9 Å². The predicted molar refractivity (Wildman–Crippen MR) is 166 cm³/mol. The van der Waals surface area contributed by atoms with E-state index in [0.29, 0.717) is 32.0 Å². The first-order valence-electron chi connectivity index (χ1n) is 16.3. The average molecular weight is 598 g/mol. The van der Waals surface area contributed by atoms with Gasteiger partial charge in [-0.05, 0) is 68.5 Å². The normalized spacial score (nSPS) is 35.2. The number of amides is 2. The lowest BCUT2D eigenvalue weighted by Gasteiger charge is -2.49. The van der Waals surface area contributed by atoms with Gasteiger partial charge < -0.3 is 20.3 Å². The number of rotatable bonds is 5. The minimum atomic E-state index is -1.80. The Morgan fingerprint density at radius 1 is 1.16 bits per heavy atom. The van der Waals surface area contributed by atoms with Gasteiger partial charge >= 0.3 is 0 Å². The van der Waals surface area contributed by atoms with Crippen LogP contribution in [0.15, 0.2) is 54.7 Å². The quantitative estimate of drug-likeness (QED) is 0.418. The lowest BCUT2D eigenvalue weighted by atomic mass is 9.72. The molecule has 5 aliphatic rings. The number of aliphatic hydroxyl groups is 1. The number of nitrogens with one attached hydrogen (secondary N) is 2. The number of aromatic amines is 1. The summed E-state index contributed by atoms with van der Waals surface area (Å²) in [5.74, 6) is -2.82. The van der Waals surface area contributed by atoms with E-state index in [1.807, 2.05) is 32.0 Å². The minimum Gasteiger partial charge on any atom is -0.361 e. The zero-order chi connectivity index (χ0) is 30.4. The van der Waals surface area contributed by atoms with Crippen LogP contribution in [0.3, 0.4) is 0 Å². The smallest absolute Gasteiger partial charge is 0.280 e. The number of hydrogen-bond donors (Lipinski definition) is 3. The van der Waals surface area contributed by atoms with Gasteiger partial charge in [0.25, 0.3) is 11.8 Å². The third-order valence-corrected chi connectivity index (χ3v) is 11.3. The third kappa shape index (κ3) is 4.05. The van der Waals surface area contributed by atoms with Crippen molar-refractivity contribution < 1.29 is 19.4 Å². The van der Waals surface area contributed by atoms with E-state index in [-0.39, 0.29) is 41.7 Å². The summed E-state index contributed by atoms with van der Waals surface area (Å²) >= 11 is 0. The highest BCUT2D eigenvalue weighted by molar-refractivity contribution is 5.94. The van der Waals surface area contributed by atoms with Crippen LogP contribution in [0.2, 0.25) is 0 Å². The molecular weight excluding hydrogens is 554 g/mol. The second-order valence-electron chi connectivity index (χ2n) is 14.1. The molecule has 2 aromatic carbocycles. The number of aromatic nitrogens is 1. The number of carbonyl (C=O) groups is 2. The van der Waals surface area contributed by atoms with E-state index in [4.69, 9.17) is 4.74 Å². The molecule has 0 saturated carbocycles. The zero-order valence-electron chi connectivity index (χ0n) is 25.8. The standard InChI is InChI=1S/C35H43N5O4/c1-21(2)34(33(42)40-25(15-22-9-5-4-6-10-22)20-39-14-8-13-30(39)35(40,43)44-34)37-32(41)24-16-27-26-11-7-12-28-31(26)23(18-36-28)17-29(27)38(3)19-24/h4-7,9-12,18,21,24-25,27,29-30,36,43H,8,13-17,19-20H2,1-3H3,(H,37,41)/t24-,25+,27-,29-,30+,34-,35+/m1/s1. The number of piperidine rings is 1. The molecule has 5 heterocycles. The lowest BCUT2D eigenvalue weighted by Crippen LogP contribution is -2.69. The summed E-state index contributed by atoms with van der Waals surface area (Å²) in [5.41, 5.74) is 3.23. The first kappa shape index (κ1) is 28.2. The second-order valence-corrected chi connectivity index (χ2v) is 14.1. The maximum Gasteiger partial charge on any atom is 0.280 e. The highest BCUT2D eigenvalue weighted by Crippen LogP contribution is 2.48. The fraction of sp³-hybridized carbons (Fsp3) is 0.543. The molecule has 0 radical (unpaired) electrons. The van der Waals surface area contributed by atoms with E-state index >= 15 is 0 Å². The van der Waals surface area contributed by atoms with Gasteiger partial charge in [-0.1, -0.05) is 56.3 Å². The van der Waals surface area contributed by atoms with Gasteiger partial charge in [0.05, 0.1) is 18.0 Å². The van der Waals surface area contributed by atoms with Crippen molar-refractivity contribution in [1.82, 2.24) is 25.0 Å². The van der Waals surface area contributed by atoms with E-state index in [1.165, 1.54) is 16.5 Å². The number of likely N-dealkylation sites (tertiary alicyclic amines) is 1. The Morgan fingerprint density at radius 2 is 1.98 bits per heavy atom. The van der Waals surface area contributed by atoms with Crippen LogP contribution in [0.4, 0.5) is 0 Å². The summed E-state index contributed by atoms with van der Waals surface area (Å²) in [4.78, 5) is 38.5. The molecule has 0 bridgehead atoms. The van der Waals surface area contributed by atoms with Crippen LogP contribution < -0.4 is 5.32 Å². The van der Waals surface area contributed by atoms with Crippen LogP contribution in [-0.2, 0) is 27.2 Å². The van der Waals surface area contributed by atoms with Crippen LogP contribution in [0.5, 0.6) is 0 Å². The average Bonchev–Trinajstić information content (AvgIpc) is 3.71. The van der Waals surface area contributed by atoms with Gasteiger partial charge in [-0.25, -0.2) is 0 Å². The van der Waals surface area contributed by atoms with Gasteiger partial charge in [-0.15, -0.1) is 0 Å². The van der Waals surface area contributed by atoms with Gasteiger partial charge in [0.15, 0.2) is 0 Å². The van der Waals surface area contributed by atoms with Crippen molar-refractivity contribution in [3.8, 4) is 0 Å². The monoisotopic (exact) mass is 597 g/mol. The van der Waals surface area contributed by atoms with Crippen LogP contribution in [0, 0.1) is 11.8 Å². The molecule has 44 heavy (non-hydrogen) atoms. The van der Waals surface area contributed by atoms with Gasteiger partial charge in [-0.3, -0.25) is 24.1 Å². The molecule has 0 spiro atoms. The lowest BCUT2D eigenvalue weighted by molar-refractivity contribution is -0.328. The van der Waals surface area contributed by atoms with Crippen molar-refractivity contribution >= 4 is 22.7 Å². The number of carbonyl (C=O) groups excluding carboxylic acids is 2. The van der Waals surface area contributed by atoms with Crippen LogP contribution in [0.1, 0.15) is 55.7 Å². The second kappa shape index (κ2) is 10.1. The first-order chi connectivity index (χ1) is 21.2. The summed E-state index contributed by atoms with van der Waals surface area (Å²) in [6.45, 7) is 5.93. The molecule has 8 rings (SSSR count). The largest absolute Gasteiger partial charge is 0.361 e. The number of nitrogens with zero attached hydrogens (tertiary/aromatic N) is 3. The van der Waals surface area contributed by atoms with Crippen LogP contribution >= 0.6 is 0 Å². The van der Waals surface area contributed by atoms with Crippen molar-refractivity contribution in [2.24, 2.45) is 11.8 Å². The Labute approximate surface area is 258 Å². The van der Waals surface area contributed by atoms with Gasteiger partial charge in [-0.2, -0.15) is 0 Å². The van der Waals surface area contributed by atoms with E-state index in [2.05, 4.69) is 63.7 Å². The molecule has 2 amide bonds. The van der Waals surface area contributed by atoms with Crippen molar-refractivity contribution in [1.29, 1.82) is 0 Å². The Bertz CT molecular complexity index is 1610. The summed E-state index contributed by atoms with van der Waals surface area (Å²) in [6.07, 6.45) is 6.06. The van der Waals surface area contributed by atoms with Crippen molar-refractivity contribution in [2.45, 2.75) is 81.6 Å². The van der Waals surface area contributed by atoms with Gasteiger partial charge in [0.2, 0.25) is 11.6 Å². The molecule has 4 aliphatic heterocycles. The number of H-pyrrole nitrogens is 1. The topological polar surface area (TPSA) is 101 Å². The van der Waals surface area contributed by atoms with E-state index < -0.39 is 11.6 Å². The fourth-order valence-electron chi connectivity index (χ4n) is 9.18. The highest BCUT2D eigenvalue weighted by Gasteiger charge is 2.70. The maximum absolute atomic E-state index is 14.6. The van der Waals surface area contributed by atoms with Crippen molar-refractivity contribution in [2.75, 3.05) is 26.7 Å². The summed E-state index contributed by atoms with van der Waals surface area (Å²) in [6, 6.07) is 16.2. The number of fused-ring (bicyclic) bond motifs is 5. The van der Waals surface area contributed by atoms with E-state index in [1.54, 1.807) is 4.90 Å². The molecule has 0 unspecified atom stereocenters. The fourth-order valence-corrected chi connectivity index (χ4v) is 9.18. The third-order valence-electron chi connectivity index (χ3n) is 11.3. The Kier molecular flexibility index (Phi) is 6.51. The highest BCUT2D eigenvalue weighted by atomic mass is 16.7. The van der Waals surface area contributed by atoms with Crippen molar-refractivity contribution in [3.63, 3.8) is 0 Å².